The lowest BCUT2D eigenvalue weighted by Crippen LogP contribution is -2.23. The molecule has 0 bridgehead atoms. The molecule has 6 heteroatoms. The molecular weight excluding hydrogens is 232 g/mol. The monoisotopic (exact) mass is 245 g/mol. The number of allylic oxidation sites excluding steroid dienone is 1. The largest absolute Gasteiger partial charge is 0.477 e. The molecular formula is C11H13F2NO3. The number of H-pyrrole nitrogens is 1. The Hall–Kier alpha value is -1.85. The highest BCUT2D eigenvalue weighted by Gasteiger charge is 2.26. The number of rotatable bonds is 5. The zero-order valence-corrected chi connectivity index (χ0v) is 9.46. The summed E-state index contributed by atoms with van der Waals surface area (Å²) in [6, 6.07) is 1.32. The molecule has 0 saturated carbocycles. The quantitative estimate of drug-likeness (QED) is 0.784. The number of aromatic nitrogens is 1. The fraction of sp³-hybridized carbons (Fsp3) is 0.364. The maximum atomic E-state index is 13.1. The van der Waals surface area contributed by atoms with Crippen molar-refractivity contribution in [2.45, 2.75) is 19.8 Å². The van der Waals surface area contributed by atoms with Crippen molar-refractivity contribution < 1.29 is 23.4 Å². The number of alkyl halides is 2. The van der Waals surface area contributed by atoms with Crippen LogP contribution in [0.4, 0.5) is 8.78 Å². The van der Waals surface area contributed by atoms with Crippen LogP contribution in [0, 0.1) is 6.92 Å². The summed E-state index contributed by atoms with van der Waals surface area (Å²) in [5.74, 6) is -4.19. The molecule has 0 unspecified atom stereocenters. The Morgan fingerprint density at radius 1 is 1.65 bits per heavy atom. The predicted octanol–water partition coefficient (Wildman–Crippen LogP) is 2.61. The SMILES string of the molecule is C/C=C/C(F)(F)COc1[nH]c(C(=O)O)cc1C. The van der Waals surface area contributed by atoms with E-state index in [-0.39, 0.29) is 11.6 Å². The predicted molar refractivity (Wildman–Crippen MR) is 57.7 cm³/mol. The Bertz CT molecular complexity index is 438. The van der Waals surface area contributed by atoms with Crippen LogP contribution in [0.3, 0.4) is 0 Å². The third-order valence-electron chi connectivity index (χ3n) is 2.02. The number of aromatic carboxylic acids is 1. The summed E-state index contributed by atoms with van der Waals surface area (Å²) in [6.07, 6.45) is 1.96. The first-order valence-corrected chi connectivity index (χ1v) is 4.93. The lowest BCUT2D eigenvalue weighted by Gasteiger charge is -2.12. The van der Waals surface area contributed by atoms with Gasteiger partial charge in [-0.3, -0.25) is 0 Å². The molecule has 0 radical (unpaired) electrons. The van der Waals surface area contributed by atoms with Gasteiger partial charge in [-0.1, -0.05) is 6.08 Å². The van der Waals surface area contributed by atoms with Gasteiger partial charge >= 0.3 is 5.97 Å². The summed E-state index contributed by atoms with van der Waals surface area (Å²) in [4.78, 5) is 13.0. The number of hydrogen-bond acceptors (Lipinski definition) is 2. The highest BCUT2D eigenvalue weighted by atomic mass is 19.3. The Morgan fingerprint density at radius 2 is 2.29 bits per heavy atom. The van der Waals surface area contributed by atoms with Crippen LogP contribution in [0.25, 0.3) is 0 Å². The molecule has 4 nitrogen and oxygen atoms in total. The molecule has 2 N–H and O–H groups in total. The second kappa shape index (κ2) is 4.99. The van der Waals surface area contributed by atoms with E-state index in [1.165, 1.54) is 19.1 Å². The van der Waals surface area contributed by atoms with Gasteiger partial charge in [-0.2, -0.15) is 8.78 Å². The number of aromatic amines is 1. The maximum absolute atomic E-state index is 13.1. The summed E-state index contributed by atoms with van der Waals surface area (Å²) in [7, 11) is 0. The van der Waals surface area contributed by atoms with Crippen molar-refractivity contribution >= 4 is 5.97 Å². The normalized spacial score (nSPS) is 12.0. The highest BCUT2D eigenvalue weighted by molar-refractivity contribution is 5.86. The van der Waals surface area contributed by atoms with Crippen LogP contribution in [-0.2, 0) is 0 Å². The average molecular weight is 245 g/mol. The van der Waals surface area contributed by atoms with Gasteiger partial charge in [-0.15, -0.1) is 0 Å². The minimum Gasteiger partial charge on any atom is -0.477 e. The molecule has 0 atom stereocenters. The lowest BCUT2D eigenvalue weighted by atomic mass is 10.3. The van der Waals surface area contributed by atoms with E-state index in [0.29, 0.717) is 5.56 Å². The van der Waals surface area contributed by atoms with Gasteiger partial charge in [0, 0.05) is 5.56 Å². The summed E-state index contributed by atoms with van der Waals surface area (Å²) < 4.78 is 31.0. The molecule has 1 heterocycles. The number of carboxylic acids is 1. The van der Waals surface area contributed by atoms with Gasteiger partial charge < -0.3 is 14.8 Å². The molecule has 0 spiro atoms. The molecule has 17 heavy (non-hydrogen) atoms. The van der Waals surface area contributed by atoms with E-state index in [4.69, 9.17) is 9.84 Å². The number of aryl methyl sites for hydroxylation is 1. The Kier molecular flexibility index (Phi) is 3.88. The summed E-state index contributed by atoms with van der Waals surface area (Å²) >= 11 is 0. The zero-order valence-electron chi connectivity index (χ0n) is 9.46. The van der Waals surface area contributed by atoms with E-state index in [1.807, 2.05) is 0 Å². The van der Waals surface area contributed by atoms with Crippen molar-refractivity contribution in [1.29, 1.82) is 0 Å². The molecule has 1 aromatic heterocycles. The van der Waals surface area contributed by atoms with E-state index in [2.05, 4.69) is 4.98 Å². The zero-order chi connectivity index (χ0) is 13.1. The van der Waals surface area contributed by atoms with Gasteiger partial charge in [0.25, 0.3) is 5.92 Å². The molecule has 0 aliphatic carbocycles. The summed E-state index contributed by atoms with van der Waals surface area (Å²) in [6.45, 7) is 2.22. The van der Waals surface area contributed by atoms with Crippen molar-refractivity contribution in [3.8, 4) is 5.88 Å². The van der Waals surface area contributed by atoms with Crippen LogP contribution in [0.2, 0.25) is 0 Å². The lowest BCUT2D eigenvalue weighted by molar-refractivity contribution is 0.00346. The fourth-order valence-corrected chi connectivity index (χ4v) is 1.26. The Morgan fingerprint density at radius 3 is 2.76 bits per heavy atom. The van der Waals surface area contributed by atoms with Gasteiger partial charge in [0.1, 0.15) is 5.69 Å². The van der Waals surface area contributed by atoms with Gasteiger partial charge in [0.05, 0.1) is 0 Å². The van der Waals surface area contributed by atoms with Crippen LogP contribution >= 0.6 is 0 Å². The van der Waals surface area contributed by atoms with Gasteiger partial charge in [-0.05, 0) is 26.0 Å². The molecule has 0 saturated heterocycles. The molecule has 0 aliphatic rings. The summed E-state index contributed by atoms with van der Waals surface area (Å²) in [5, 5.41) is 8.69. The maximum Gasteiger partial charge on any atom is 0.352 e. The molecule has 0 amide bonds. The number of halogens is 2. The first-order chi connectivity index (χ1) is 7.85. The van der Waals surface area contributed by atoms with Gasteiger partial charge in [0.15, 0.2) is 12.5 Å². The van der Waals surface area contributed by atoms with Gasteiger partial charge in [-0.25, -0.2) is 4.79 Å². The van der Waals surface area contributed by atoms with E-state index in [1.54, 1.807) is 6.92 Å². The van der Waals surface area contributed by atoms with E-state index < -0.39 is 18.5 Å². The number of carboxylic acid groups (broad SMARTS) is 1. The molecule has 0 fully saturated rings. The van der Waals surface area contributed by atoms with Crippen LogP contribution < -0.4 is 4.74 Å². The van der Waals surface area contributed by atoms with Crippen LogP contribution in [0.15, 0.2) is 18.2 Å². The Balaban J connectivity index is 2.73. The fourth-order valence-electron chi connectivity index (χ4n) is 1.26. The van der Waals surface area contributed by atoms with Crippen LogP contribution in [0.1, 0.15) is 23.0 Å². The average Bonchev–Trinajstić information content (AvgIpc) is 2.57. The van der Waals surface area contributed by atoms with E-state index in [9.17, 15) is 13.6 Å². The molecule has 1 rings (SSSR count). The molecule has 0 aliphatic heterocycles. The van der Waals surface area contributed by atoms with Crippen molar-refractivity contribution in [2.75, 3.05) is 6.61 Å². The number of nitrogens with one attached hydrogen (secondary N) is 1. The van der Waals surface area contributed by atoms with Crippen molar-refractivity contribution in [2.24, 2.45) is 0 Å². The molecule has 0 aromatic carbocycles. The van der Waals surface area contributed by atoms with Crippen LogP contribution in [0.5, 0.6) is 5.88 Å². The second-order valence-corrected chi connectivity index (χ2v) is 3.55. The number of carbonyl (C=O) groups is 1. The minimum absolute atomic E-state index is 0.0478. The number of hydrogen-bond donors (Lipinski definition) is 2. The minimum atomic E-state index is -3.07. The molecule has 1 aromatic rings. The summed E-state index contributed by atoms with van der Waals surface area (Å²) in [5.41, 5.74) is 0.380. The van der Waals surface area contributed by atoms with Crippen molar-refractivity contribution in [1.82, 2.24) is 4.98 Å². The topological polar surface area (TPSA) is 62.3 Å². The standard InChI is InChI=1S/C11H13F2NO3/c1-3-4-11(12,13)6-17-9-7(2)5-8(14-9)10(15)16/h3-5,14H,6H2,1-2H3,(H,15,16)/b4-3+. The van der Waals surface area contributed by atoms with E-state index in [0.717, 1.165) is 6.08 Å². The van der Waals surface area contributed by atoms with E-state index >= 15 is 0 Å². The third kappa shape index (κ3) is 3.58. The van der Waals surface area contributed by atoms with Crippen molar-refractivity contribution in [3.63, 3.8) is 0 Å². The number of ether oxygens (including phenoxy) is 1. The third-order valence-corrected chi connectivity index (χ3v) is 2.02. The van der Waals surface area contributed by atoms with Crippen LogP contribution in [-0.4, -0.2) is 28.6 Å². The smallest absolute Gasteiger partial charge is 0.352 e. The van der Waals surface area contributed by atoms with Crippen molar-refractivity contribution in [3.05, 3.63) is 29.5 Å². The Labute approximate surface area is 96.9 Å². The molecule has 94 valence electrons. The highest BCUT2D eigenvalue weighted by Crippen LogP contribution is 2.22. The second-order valence-electron chi connectivity index (χ2n) is 3.55. The van der Waals surface area contributed by atoms with Gasteiger partial charge in [0.2, 0.25) is 0 Å². The first kappa shape index (κ1) is 13.2. The first-order valence-electron chi connectivity index (χ1n) is 4.93.